The number of primary amides is 1. The number of carbonyl (C=O) groups is 3. The van der Waals surface area contributed by atoms with Gasteiger partial charge < -0.3 is 21.7 Å². The highest BCUT2D eigenvalue weighted by atomic mass is 16.2. The number of carbonyl (C=O) groups excluding carboxylic acids is 3. The van der Waals surface area contributed by atoms with Crippen LogP contribution < -0.4 is 21.7 Å². The Morgan fingerprint density at radius 1 is 0.920 bits per heavy atom. The number of amides is 4. The molecule has 5 N–H and O–H groups in total. The zero-order valence-electron chi connectivity index (χ0n) is 13.8. The second-order valence-electron chi connectivity index (χ2n) is 5.44. The third kappa shape index (κ3) is 5.65. The van der Waals surface area contributed by atoms with Gasteiger partial charge in [-0.2, -0.15) is 0 Å². The smallest absolute Gasteiger partial charge is 0.316 e. The molecule has 7 nitrogen and oxygen atoms in total. The van der Waals surface area contributed by atoms with Gasteiger partial charge in [-0.15, -0.1) is 0 Å². The zero-order chi connectivity index (χ0) is 18.2. The molecule has 0 aromatic heterocycles. The first kappa shape index (κ1) is 18.0. The first-order valence-electron chi connectivity index (χ1n) is 7.76. The Hall–Kier alpha value is -3.35. The molecule has 0 spiro atoms. The highest BCUT2D eigenvalue weighted by Gasteiger charge is 2.09. The van der Waals surface area contributed by atoms with Crippen LogP contribution in [-0.4, -0.2) is 24.4 Å². The lowest BCUT2D eigenvalue weighted by molar-refractivity contribution is -0.116. The van der Waals surface area contributed by atoms with Gasteiger partial charge in [0.05, 0.1) is 0 Å². The maximum Gasteiger partial charge on any atom is 0.316 e. The Morgan fingerprint density at radius 2 is 1.52 bits per heavy atom. The molecule has 2 aromatic rings. The molecule has 0 fully saturated rings. The summed E-state index contributed by atoms with van der Waals surface area (Å²) < 4.78 is 0. The third-order valence-electron chi connectivity index (χ3n) is 3.46. The molecular formula is C18H20N4O3. The Morgan fingerprint density at radius 3 is 2.12 bits per heavy atom. The molecule has 0 saturated carbocycles. The van der Waals surface area contributed by atoms with E-state index < -0.39 is 6.03 Å². The summed E-state index contributed by atoms with van der Waals surface area (Å²) in [6.07, 6.45) is 0.152. The Kier molecular flexibility index (Phi) is 6.11. The molecule has 2 aromatic carbocycles. The number of hydrogen-bond donors (Lipinski definition) is 4. The summed E-state index contributed by atoms with van der Waals surface area (Å²) in [7, 11) is 0. The fraction of sp³-hybridized carbons (Fsp3) is 0.167. The van der Waals surface area contributed by atoms with Crippen molar-refractivity contribution in [1.82, 2.24) is 5.32 Å². The van der Waals surface area contributed by atoms with Crippen LogP contribution in [0.4, 0.5) is 16.2 Å². The molecule has 2 rings (SSSR count). The van der Waals surface area contributed by atoms with Crippen LogP contribution in [0.5, 0.6) is 0 Å². The number of anilines is 2. The normalized spacial score (nSPS) is 9.96. The number of aryl methyl sites for hydroxylation is 1. The van der Waals surface area contributed by atoms with Gasteiger partial charge in [-0.3, -0.25) is 9.59 Å². The van der Waals surface area contributed by atoms with E-state index >= 15 is 0 Å². The molecule has 25 heavy (non-hydrogen) atoms. The number of rotatable bonds is 6. The van der Waals surface area contributed by atoms with Crippen molar-refractivity contribution in [3.05, 3.63) is 59.7 Å². The van der Waals surface area contributed by atoms with E-state index in [-0.39, 0.29) is 24.8 Å². The average molecular weight is 340 g/mol. The van der Waals surface area contributed by atoms with Crippen LogP contribution in [0.15, 0.2) is 48.5 Å². The summed E-state index contributed by atoms with van der Waals surface area (Å²) in [5, 5.41) is 7.87. The van der Waals surface area contributed by atoms with Crippen LogP contribution in [0, 0.1) is 6.92 Å². The lowest BCUT2D eigenvalue weighted by atomic mass is 10.1. The summed E-state index contributed by atoms with van der Waals surface area (Å²) in [6.45, 7) is 2.10. The van der Waals surface area contributed by atoms with E-state index in [1.165, 1.54) is 0 Å². The van der Waals surface area contributed by atoms with Gasteiger partial charge in [0.1, 0.15) is 0 Å². The van der Waals surface area contributed by atoms with Crippen molar-refractivity contribution >= 4 is 29.2 Å². The van der Waals surface area contributed by atoms with Crippen molar-refractivity contribution in [3.63, 3.8) is 0 Å². The minimum atomic E-state index is -0.652. The van der Waals surface area contributed by atoms with E-state index in [0.717, 1.165) is 5.56 Å². The Bertz CT molecular complexity index is 772. The van der Waals surface area contributed by atoms with Gasteiger partial charge in [0.15, 0.2) is 0 Å². The molecule has 130 valence electrons. The first-order chi connectivity index (χ1) is 12.0. The van der Waals surface area contributed by atoms with Gasteiger partial charge in [-0.05, 0) is 42.8 Å². The van der Waals surface area contributed by atoms with Crippen LogP contribution in [0.3, 0.4) is 0 Å². The van der Waals surface area contributed by atoms with E-state index in [9.17, 15) is 14.4 Å². The largest absolute Gasteiger partial charge is 0.352 e. The molecule has 0 heterocycles. The van der Waals surface area contributed by atoms with Crippen LogP contribution in [0.1, 0.15) is 22.3 Å². The quantitative estimate of drug-likeness (QED) is 0.646. The number of nitrogens with two attached hydrogens (primary N) is 1. The lowest BCUT2D eigenvalue weighted by Crippen LogP contribution is -2.28. The Labute approximate surface area is 145 Å². The molecule has 0 aliphatic carbocycles. The van der Waals surface area contributed by atoms with Gasteiger partial charge in [0.25, 0.3) is 5.91 Å². The molecule has 0 aliphatic rings. The van der Waals surface area contributed by atoms with Crippen LogP contribution in [0.25, 0.3) is 0 Å². The predicted molar refractivity (Wildman–Crippen MR) is 96.4 cm³/mol. The van der Waals surface area contributed by atoms with E-state index in [4.69, 9.17) is 5.73 Å². The van der Waals surface area contributed by atoms with Crippen molar-refractivity contribution in [2.75, 3.05) is 17.2 Å². The molecule has 7 heteroatoms. The van der Waals surface area contributed by atoms with Crippen molar-refractivity contribution in [1.29, 1.82) is 0 Å². The van der Waals surface area contributed by atoms with Crippen molar-refractivity contribution in [2.45, 2.75) is 13.3 Å². The number of benzene rings is 2. The molecule has 0 aliphatic heterocycles. The fourth-order valence-electron chi connectivity index (χ4n) is 2.22. The van der Waals surface area contributed by atoms with Gasteiger partial charge in [0, 0.05) is 29.9 Å². The van der Waals surface area contributed by atoms with E-state index in [1.807, 2.05) is 19.1 Å². The lowest BCUT2D eigenvalue weighted by Gasteiger charge is -2.09. The van der Waals surface area contributed by atoms with Gasteiger partial charge >= 0.3 is 6.03 Å². The summed E-state index contributed by atoms with van der Waals surface area (Å²) in [5.41, 5.74) is 7.63. The van der Waals surface area contributed by atoms with Crippen LogP contribution in [0.2, 0.25) is 0 Å². The topological polar surface area (TPSA) is 113 Å². The molecule has 0 atom stereocenters. The molecule has 4 amide bonds. The standard InChI is InChI=1S/C18H20N4O3/c1-12-4-2-3-5-15(12)17(24)20-11-10-16(23)21-13-6-8-14(9-7-13)22-18(19)25/h2-9H,10-11H2,1H3,(H,20,24)(H,21,23)(H3,19,22,25). The Balaban J connectivity index is 1.78. The van der Waals surface area contributed by atoms with Gasteiger partial charge in [-0.25, -0.2) is 4.79 Å². The SMILES string of the molecule is Cc1ccccc1C(=O)NCCC(=O)Nc1ccc(NC(N)=O)cc1. The fourth-order valence-corrected chi connectivity index (χ4v) is 2.22. The van der Waals surface area contributed by atoms with Gasteiger partial charge in [-0.1, -0.05) is 18.2 Å². The second kappa shape index (κ2) is 8.49. The van der Waals surface area contributed by atoms with Crippen molar-refractivity contribution in [2.24, 2.45) is 5.73 Å². The second-order valence-corrected chi connectivity index (χ2v) is 5.44. The monoisotopic (exact) mass is 340 g/mol. The molecular weight excluding hydrogens is 320 g/mol. The average Bonchev–Trinajstić information content (AvgIpc) is 2.56. The molecule has 0 unspecified atom stereocenters. The maximum absolute atomic E-state index is 12.0. The summed E-state index contributed by atoms with van der Waals surface area (Å²) in [5.74, 6) is -0.423. The predicted octanol–water partition coefficient (Wildman–Crippen LogP) is 2.24. The van der Waals surface area contributed by atoms with Gasteiger partial charge in [0.2, 0.25) is 5.91 Å². The van der Waals surface area contributed by atoms with E-state index in [0.29, 0.717) is 16.9 Å². The minimum absolute atomic E-state index is 0.152. The number of nitrogens with one attached hydrogen (secondary N) is 3. The maximum atomic E-state index is 12.0. The summed E-state index contributed by atoms with van der Waals surface area (Å²) in [6, 6.07) is 13.2. The number of urea groups is 1. The number of hydrogen-bond acceptors (Lipinski definition) is 3. The third-order valence-corrected chi connectivity index (χ3v) is 3.46. The van der Waals surface area contributed by atoms with Crippen LogP contribution >= 0.6 is 0 Å². The van der Waals surface area contributed by atoms with Crippen LogP contribution in [-0.2, 0) is 4.79 Å². The highest BCUT2D eigenvalue weighted by molar-refractivity contribution is 5.96. The van der Waals surface area contributed by atoms with E-state index in [2.05, 4.69) is 16.0 Å². The van der Waals surface area contributed by atoms with Crippen molar-refractivity contribution in [3.8, 4) is 0 Å². The molecule has 0 radical (unpaired) electrons. The zero-order valence-corrected chi connectivity index (χ0v) is 13.8. The molecule has 0 bridgehead atoms. The molecule has 0 saturated heterocycles. The summed E-state index contributed by atoms with van der Waals surface area (Å²) in [4.78, 5) is 34.7. The van der Waals surface area contributed by atoms with Crippen molar-refractivity contribution < 1.29 is 14.4 Å². The first-order valence-corrected chi connectivity index (χ1v) is 7.76. The highest BCUT2D eigenvalue weighted by Crippen LogP contribution is 2.13. The minimum Gasteiger partial charge on any atom is -0.352 e. The summed E-state index contributed by atoms with van der Waals surface area (Å²) >= 11 is 0. The van der Waals surface area contributed by atoms with E-state index in [1.54, 1.807) is 36.4 Å².